The summed E-state index contributed by atoms with van der Waals surface area (Å²) in [5, 5.41) is 3.05. The van der Waals surface area contributed by atoms with Gasteiger partial charge in [-0.3, -0.25) is 9.59 Å². The van der Waals surface area contributed by atoms with Crippen molar-refractivity contribution in [2.45, 2.75) is 49.7 Å². The molecule has 3 aliphatic rings. The smallest absolute Gasteiger partial charge is 0.225 e. The minimum absolute atomic E-state index is 0.0275. The first-order valence-electron chi connectivity index (χ1n) is 10.6. The molecule has 1 spiro atoms. The van der Waals surface area contributed by atoms with Gasteiger partial charge in [0.15, 0.2) is 11.6 Å². The van der Waals surface area contributed by atoms with E-state index in [0.717, 1.165) is 31.4 Å². The summed E-state index contributed by atoms with van der Waals surface area (Å²) in [4.78, 5) is 27.4. The highest BCUT2D eigenvalue weighted by molar-refractivity contribution is 5.81. The van der Waals surface area contributed by atoms with Crippen LogP contribution in [0.4, 0.5) is 8.78 Å². The van der Waals surface area contributed by atoms with Crippen molar-refractivity contribution in [3.63, 3.8) is 0 Å². The lowest BCUT2D eigenvalue weighted by molar-refractivity contribution is -0.137. The quantitative estimate of drug-likeness (QED) is 0.812. The molecule has 6 nitrogen and oxygen atoms in total. The van der Waals surface area contributed by atoms with Gasteiger partial charge in [0.1, 0.15) is 0 Å². The molecule has 1 saturated carbocycles. The second-order valence-electron chi connectivity index (χ2n) is 8.67. The van der Waals surface area contributed by atoms with E-state index in [2.05, 4.69) is 5.32 Å². The number of hydrogen-bond acceptors (Lipinski definition) is 4. The van der Waals surface area contributed by atoms with Gasteiger partial charge in [0.05, 0.1) is 24.9 Å². The molecule has 1 aliphatic carbocycles. The second-order valence-corrected chi connectivity index (χ2v) is 8.67. The van der Waals surface area contributed by atoms with Crippen LogP contribution in [0.15, 0.2) is 18.2 Å². The summed E-state index contributed by atoms with van der Waals surface area (Å²) >= 11 is 0. The van der Waals surface area contributed by atoms with E-state index in [1.54, 1.807) is 12.0 Å². The molecule has 2 heterocycles. The number of ether oxygens (including phenoxy) is 2. The van der Waals surface area contributed by atoms with Crippen LogP contribution in [0.5, 0.6) is 0 Å². The van der Waals surface area contributed by atoms with Gasteiger partial charge >= 0.3 is 0 Å². The lowest BCUT2D eigenvalue weighted by atomic mass is 9.82. The van der Waals surface area contributed by atoms with E-state index in [9.17, 15) is 18.4 Å². The molecule has 1 N–H and O–H groups in total. The van der Waals surface area contributed by atoms with Crippen LogP contribution >= 0.6 is 0 Å². The Morgan fingerprint density at radius 1 is 1.30 bits per heavy atom. The van der Waals surface area contributed by atoms with Gasteiger partial charge in [-0.15, -0.1) is 0 Å². The predicted octanol–water partition coefficient (Wildman–Crippen LogP) is 2.37. The van der Waals surface area contributed by atoms with Crippen molar-refractivity contribution in [1.82, 2.24) is 10.2 Å². The fraction of sp³-hybridized carbons (Fsp3) is 0.636. The van der Waals surface area contributed by atoms with Crippen LogP contribution in [0.3, 0.4) is 0 Å². The van der Waals surface area contributed by atoms with Gasteiger partial charge in [-0.2, -0.15) is 0 Å². The number of nitrogens with zero attached hydrogens (tertiary/aromatic N) is 1. The van der Waals surface area contributed by atoms with E-state index in [4.69, 9.17) is 9.47 Å². The first kappa shape index (κ1) is 21.2. The SMILES string of the molecule is CO[C@@H]1CCC[C@H](C(=O)N2C[C@@H](c3ccc(F)c(F)c3)[C@@]3(COCCC(=O)N3)C2)C1. The molecule has 4 rings (SSSR count). The zero-order valence-corrected chi connectivity index (χ0v) is 17.2. The first-order chi connectivity index (χ1) is 14.4. The number of rotatable bonds is 3. The van der Waals surface area contributed by atoms with Crippen molar-refractivity contribution in [2.24, 2.45) is 5.92 Å². The third kappa shape index (κ3) is 4.07. The molecular weight excluding hydrogens is 394 g/mol. The van der Waals surface area contributed by atoms with Gasteiger partial charge in [0.25, 0.3) is 0 Å². The van der Waals surface area contributed by atoms with Crippen molar-refractivity contribution >= 4 is 11.8 Å². The van der Waals surface area contributed by atoms with Crippen LogP contribution in [0.1, 0.15) is 43.6 Å². The zero-order valence-electron chi connectivity index (χ0n) is 17.2. The molecule has 164 valence electrons. The molecule has 30 heavy (non-hydrogen) atoms. The number of amides is 2. The number of carbonyl (C=O) groups excluding carboxylic acids is 2. The van der Waals surface area contributed by atoms with E-state index in [1.807, 2.05) is 0 Å². The summed E-state index contributed by atoms with van der Waals surface area (Å²) in [7, 11) is 1.67. The van der Waals surface area contributed by atoms with E-state index < -0.39 is 17.2 Å². The summed E-state index contributed by atoms with van der Waals surface area (Å²) in [5.74, 6) is -2.52. The summed E-state index contributed by atoms with van der Waals surface area (Å²) in [6, 6.07) is 3.78. The molecule has 2 amide bonds. The third-order valence-electron chi connectivity index (χ3n) is 6.73. The standard InChI is InChI=1S/C22H28F2N2O4/c1-29-16-4-2-3-15(9-16)21(28)26-11-17(14-5-6-18(23)19(24)10-14)22(12-26)13-30-8-7-20(27)25-22/h5-6,10,15-17H,2-4,7-9,11-13H2,1H3,(H,25,27)/t15-,16+,17-,22-/m0/s1. The maximum atomic E-state index is 14.0. The molecular formula is C22H28F2N2O4. The molecule has 0 bridgehead atoms. The van der Waals surface area contributed by atoms with Crippen LogP contribution in [0, 0.1) is 17.6 Å². The Morgan fingerprint density at radius 3 is 2.90 bits per heavy atom. The maximum absolute atomic E-state index is 14.0. The highest BCUT2D eigenvalue weighted by atomic mass is 19.2. The Morgan fingerprint density at radius 2 is 2.13 bits per heavy atom. The zero-order chi connectivity index (χ0) is 21.3. The number of carbonyl (C=O) groups is 2. The molecule has 1 aromatic rings. The van der Waals surface area contributed by atoms with Crippen molar-refractivity contribution in [3.8, 4) is 0 Å². The van der Waals surface area contributed by atoms with Crippen LogP contribution in [0.25, 0.3) is 0 Å². The summed E-state index contributed by atoms with van der Waals surface area (Å²) in [5.41, 5.74) is -0.309. The summed E-state index contributed by atoms with van der Waals surface area (Å²) in [6.07, 6.45) is 3.68. The Bertz CT molecular complexity index is 820. The largest absolute Gasteiger partial charge is 0.381 e. The molecule has 4 atom stereocenters. The van der Waals surface area contributed by atoms with E-state index in [1.165, 1.54) is 6.07 Å². The molecule has 0 unspecified atom stereocenters. The third-order valence-corrected chi connectivity index (χ3v) is 6.73. The minimum atomic E-state index is -0.941. The normalized spacial score (nSPS) is 32.2. The first-order valence-corrected chi connectivity index (χ1v) is 10.6. The Kier molecular flexibility index (Phi) is 6.06. The predicted molar refractivity (Wildman–Crippen MR) is 105 cm³/mol. The number of likely N-dealkylation sites (tertiary alicyclic amines) is 1. The van der Waals surface area contributed by atoms with Crippen LogP contribution in [0.2, 0.25) is 0 Å². The summed E-state index contributed by atoms with van der Waals surface area (Å²) in [6.45, 7) is 1.12. The van der Waals surface area contributed by atoms with Crippen molar-refractivity contribution in [1.29, 1.82) is 0 Å². The fourth-order valence-electron chi connectivity index (χ4n) is 5.14. The molecule has 0 radical (unpaired) electrons. The maximum Gasteiger partial charge on any atom is 0.225 e. The number of nitrogens with one attached hydrogen (secondary N) is 1. The van der Waals surface area contributed by atoms with Gasteiger partial charge < -0.3 is 19.7 Å². The van der Waals surface area contributed by atoms with Crippen LogP contribution in [-0.2, 0) is 19.1 Å². The molecule has 1 aromatic carbocycles. The molecule has 3 fully saturated rings. The molecule has 0 aromatic heterocycles. The number of methoxy groups -OCH3 is 1. The number of hydrogen-bond donors (Lipinski definition) is 1. The highest BCUT2D eigenvalue weighted by Gasteiger charge is 2.51. The van der Waals surface area contributed by atoms with Gasteiger partial charge in [0.2, 0.25) is 11.8 Å². The average Bonchev–Trinajstić information content (AvgIpc) is 3.00. The van der Waals surface area contributed by atoms with Crippen LogP contribution < -0.4 is 5.32 Å². The van der Waals surface area contributed by atoms with E-state index in [-0.39, 0.29) is 49.3 Å². The van der Waals surface area contributed by atoms with Crippen LogP contribution in [-0.4, -0.2) is 61.8 Å². The molecule has 2 aliphatic heterocycles. The van der Waals surface area contributed by atoms with Gasteiger partial charge in [-0.25, -0.2) is 8.78 Å². The topological polar surface area (TPSA) is 67.9 Å². The van der Waals surface area contributed by atoms with Crippen molar-refractivity contribution in [3.05, 3.63) is 35.4 Å². The Hall–Kier alpha value is -2.06. The second kappa shape index (κ2) is 8.59. The number of halogens is 2. The monoisotopic (exact) mass is 422 g/mol. The highest BCUT2D eigenvalue weighted by Crippen LogP contribution is 2.39. The Balaban J connectivity index is 1.62. The van der Waals surface area contributed by atoms with Gasteiger partial charge in [0, 0.05) is 38.5 Å². The fourth-order valence-corrected chi connectivity index (χ4v) is 5.14. The molecule has 2 saturated heterocycles. The minimum Gasteiger partial charge on any atom is -0.381 e. The van der Waals surface area contributed by atoms with E-state index >= 15 is 0 Å². The lowest BCUT2D eigenvalue weighted by Crippen LogP contribution is -2.56. The average molecular weight is 422 g/mol. The lowest BCUT2D eigenvalue weighted by Gasteiger charge is -2.34. The summed E-state index contributed by atoms with van der Waals surface area (Å²) < 4.78 is 38.7. The van der Waals surface area contributed by atoms with Gasteiger partial charge in [-0.1, -0.05) is 12.5 Å². The Labute approximate surface area is 174 Å². The molecule has 8 heteroatoms. The van der Waals surface area contributed by atoms with Crippen molar-refractivity contribution < 1.29 is 27.8 Å². The van der Waals surface area contributed by atoms with Gasteiger partial charge in [-0.05, 0) is 37.0 Å². The van der Waals surface area contributed by atoms with Crippen molar-refractivity contribution in [2.75, 3.05) is 33.4 Å². The van der Waals surface area contributed by atoms with E-state index in [0.29, 0.717) is 25.1 Å². The number of benzene rings is 1.